The summed E-state index contributed by atoms with van der Waals surface area (Å²) in [7, 11) is 2.05. The largest absolute Gasteiger partial charge is 0.459 e. The number of rotatable bonds is 2. The molecule has 0 bridgehead atoms. The van der Waals surface area contributed by atoms with Gasteiger partial charge in [0.2, 0.25) is 0 Å². The van der Waals surface area contributed by atoms with E-state index in [9.17, 15) is 4.79 Å². The lowest BCUT2D eigenvalue weighted by Gasteiger charge is -2.28. The zero-order valence-electron chi connectivity index (χ0n) is 10.7. The van der Waals surface area contributed by atoms with Crippen molar-refractivity contribution in [2.24, 2.45) is 0 Å². The quantitative estimate of drug-likeness (QED) is 0.674. The number of piperidine rings is 1. The summed E-state index contributed by atoms with van der Waals surface area (Å²) >= 11 is 11.9. The van der Waals surface area contributed by atoms with Crippen LogP contribution in [0.4, 0.5) is 5.69 Å². The predicted octanol–water partition coefficient (Wildman–Crippen LogP) is 2.83. The highest BCUT2D eigenvalue weighted by atomic mass is 35.5. The third-order valence-electron chi connectivity index (χ3n) is 3.28. The lowest BCUT2D eigenvalue weighted by atomic mass is 10.1. The number of nitrogens with zero attached hydrogens (tertiary/aromatic N) is 1. The van der Waals surface area contributed by atoms with Crippen LogP contribution in [0, 0.1) is 0 Å². The van der Waals surface area contributed by atoms with E-state index in [-0.39, 0.29) is 22.4 Å². The molecule has 0 aromatic heterocycles. The third kappa shape index (κ3) is 3.32. The molecule has 0 amide bonds. The molecule has 2 N–H and O–H groups in total. The Labute approximate surface area is 122 Å². The van der Waals surface area contributed by atoms with Gasteiger partial charge in [-0.1, -0.05) is 23.2 Å². The molecule has 0 aliphatic carbocycles. The Morgan fingerprint density at radius 2 is 1.89 bits per heavy atom. The first kappa shape index (κ1) is 14.4. The van der Waals surface area contributed by atoms with Crippen molar-refractivity contribution < 1.29 is 9.53 Å². The number of likely N-dealkylation sites (tertiary alicyclic amines) is 1. The van der Waals surface area contributed by atoms with Crippen molar-refractivity contribution in [1.82, 2.24) is 4.90 Å². The van der Waals surface area contributed by atoms with Crippen LogP contribution in [0.15, 0.2) is 12.1 Å². The third-order valence-corrected chi connectivity index (χ3v) is 3.93. The minimum atomic E-state index is -0.500. The first-order chi connectivity index (χ1) is 8.99. The maximum atomic E-state index is 12.1. The average molecular weight is 303 g/mol. The van der Waals surface area contributed by atoms with Crippen molar-refractivity contribution in [2.45, 2.75) is 18.9 Å². The molecule has 1 aliphatic rings. The highest BCUT2D eigenvalue weighted by Crippen LogP contribution is 2.30. The molecule has 4 nitrogen and oxygen atoms in total. The zero-order valence-corrected chi connectivity index (χ0v) is 12.2. The van der Waals surface area contributed by atoms with Gasteiger partial charge in [0.1, 0.15) is 11.7 Å². The van der Waals surface area contributed by atoms with E-state index >= 15 is 0 Å². The first-order valence-corrected chi connectivity index (χ1v) is 6.87. The number of hydrogen-bond acceptors (Lipinski definition) is 4. The minimum absolute atomic E-state index is 0.0850. The van der Waals surface area contributed by atoms with Crippen LogP contribution < -0.4 is 5.73 Å². The number of carbonyl (C=O) groups is 1. The summed E-state index contributed by atoms with van der Waals surface area (Å²) in [6.07, 6.45) is 1.55. The number of ether oxygens (including phenoxy) is 1. The lowest BCUT2D eigenvalue weighted by molar-refractivity contribution is 0.0141. The SMILES string of the molecule is CN1CCC(OC(=O)c2c(Cl)ccc(Cl)c2N)CC1. The molecule has 2 rings (SSSR count). The van der Waals surface area contributed by atoms with Crippen molar-refractivity contribution in [2.75, 3.05) is 25.9 Å². The van der Waals surface area contributed by atoms with Crippen LogP contribution in [0.2, 0.25) is 10.0 Å². The molecule has 6 heteroatoms. The van der Waals surface area contributed by atoms with E-state index in [2.05, 4.69) is 4.90 Å². The molecule has 0 saturated carbocycles. The van der Waals surface area contributed by atoms with Crippen molar-refractivity contribution in [3.05, 3.63) is 27.7 Å². The second-order valence-corrected chi connectivity index (χ2v) is 5.54. The van der Waals surface area contributed by atoms with Gasteiger partial charge in [0.25, 0.3) is 0 Å². The summed E-state index contributed by atoms with van der Waals surface area (Å²) in [5.74, 6) is -0.500. The van der Waals surface area contributed by atoms with Crippen LogP contribution in [0.3, 0.4) is 0 Å². The Kier molecular flexibility index (Phi) is 4.55. The number of nitrogen functional groups attached to an aromatic ring is 1. The second-order valence-electron chi connectivity index (χ2n) is 4.73. The fourth-order valence-electron chi connectivity index (χ4n) is 2.09. The standard InChI is InChI=1S/C13H16Cl2N2O2/c1-17-6-4-8(5-7-17)19-13(18)11-9(14)2-3-10(15)12(11)16/h2-3,8H,4-7,16H2,1H3. The maximum Gasteiger partial charge on any atom is 0.342 e. The van der Waals surface area contributed by atoms with Crippen molar-refractivity contribution >= 4 is 34.9 Å². The first-order valence-electron chi connectivity index (χ1n) is 6.12. The molecule has 1 aromatic carbocycles. The molecular weight excluding hydrogens is 287 g/mol. The van der Waals surface area contributed by atoms with Crippen LogP contribution in [0.1, 0.15) is 23.2 Å². The fourth-order valence-corrected chi connectivity index (χ4v) is 2.49. The number of esters is 1. The molecule has 0 spiro atoms. The Morgan fingerprint density at radius 3 is 2.53 bits per heavy atom. The van der Waals surface area contributed by atoms with Gasteiger partial charge in [0, 0.05) is 13.1 Å². The van der Waals surface area contributed by atoms with E-state index in [4.69, 9.17) is 33.7 Å². The van der Waals surface area contributed by atoms with Crippen LogP contribution >= 0.6 is 23.2 Å². The van der Waals surface area contributed by atoms with Gasteiger partial charge in [-0.3, -0.25) is 0 Å². The van der Waals surface area contributed by atoms with Gasteiger partial charge in [-0.2, -0.15) is 0 Å². The Morgan fingerprint density at radius 1 is 1.32 bits per heavy atom. The summed E-state index contributed by atoms with van der Waals surface area (Å²) < 4.78 is 5.45. The average Bonchev–Trinajstić information content (AvgIpc) is 2.37. The summed E-state index contributed by atoms with van der Waals surface area (Å²) in [6.45, 7) is 1.83. The Hall–Kier alpha value is -0.970. The van der Waals surface area contributed by atoms with Crippen LogP contribution in [-0.2, 0) is 4.74 Å². The number of nitrogens with two attached hydrogens (primary N) is 1. The summed E-state index contributed by atoms with van der Waals surface area (Å²) in [5.41, 5.74) is 6.12. The maximum absolute atomic E-state index is 12.1. The molecule has 0 radical (unpaired) electrons. The number of hydrogen-bond donors (Lipinski definition) is 1. The van der Waals surface area contributed by atoms with E-state index in [1.165, 1.54) is 0 Å². The minimum Gasteiger partial charge on any atom is -0.459 e. The van der Waals surface area contributed by atoms with Crippen LogP contribution in [0.25, 0.3) is 0 Å². The Balaban J connectivity index is 2.10. The second kappa shape index (κ2) is 5.99. The molecule has 1 aliphatic heterocycles. The number of benzene rings is 1. The summed E-state index contributed by atoms with van der Waals surface area (Å²) in [4.78, 5) is 14.3. The fraction of sp³-hybridized carbons (Fsp3) is 0.462. The normalized spacial score (nSPS) is 17.4. The van der Waals surface area contributed by atoms with E-state index < -0.39 is 5.97 Å². The topological polar surface area (TPSA) is 55.6 Å². The summed E-state index contributed by atoms with van der Waals surface area (Å²) in [6, 6.07) is 3.11. The van der Waals surface area contributed by atoms with Crippen LogP contribution in [-0.4, -0.2) is 37.1 Å². The van der Waals surface area contributed by atoms with E-state index in [1.807, 2.05) is 7.05 Å². The highest BCUT2D eigenvalue weighted by Gasteiger charge is 2.24. The van der Waals surface area contributed by atoms with E-state index in [1.54, 1.807) is 12.1 Å². The Bertz CT molecular complexity index is 486. The van der Waals surface area contributed by atoms with E-state index in [0.717, 1.165) is 25.9 Å². The monoisotopic (exact) mass is 302 g/mol. The van der Waals surface area contributed by atoms with Crippen molar-refractivity contribution in [3.63, 3.8) is 0 Å². The number of carbonyl (C=O) groups excluding carboxylic acids is 1. The van der Waals surface area contributed by atoms with Gasteiger partial charge < -0.3 is 15.4 Å². The van der Waals surface area contributed by atoms with Gasteiger partial charge in [-0.25, -0.2) is 4.79 Å². The molecule has 19 heavy (non-hydrogen) atoms. The number of anilines is 1. The lowest BCUT2D eigenvalue weighted by Crippen LogP contribution is -2.35. The van der Waals surface area contributed by atoms with Gasteiger partial charge in [0.05, 0.1) is 15.7 Å². The smallest absolute Gasteiger partial charge is 0.342 e. The van der Waals surface area contributed by atoms with Crippen LogP contribution in [0.5, 0.6) is 0 Å². The predicted molar refractivity (Wildman–Crippen MR) is 76.8 cm³/mol. The van der Waals surface area contributed by atoms with Gasteiger partial charge in [0.15, 0.2) is 0 Å². The van der Waals surface area contributed by atoms with Gasteiger partial charge in [-0.15, -0.1) is 0 Å². The zero-order chi connectivity index (χ0) is 14.0. The van der Waals surface area contributed by atoms with Crippen molar-refractivity contribution in [3.8, 4) is 0 Å². The molecule has 0 atom stereocenters. The molecular formula is C13H16Cl2N2O2. The molecule has 1 aromatic rings. The molecule has 0 unspecified atom stereocenters. The van der Waals surface area contributed by atoms with Gasteiger partial charge in [-0.05, 0) is 32.0 Å². The number of halogens is 2. The van der Waals surface area contributed by atoms with Gasteiger partial charge >= 0.3 is 5.97 Å². The molecule has 1 fully saturated rings. The molecule has 1 saturated heterocycles. The summed E-state index contributed by atoms with van der Waals surface area (Å²) in [5, 5.41) is 0.569. The van der Waals surface area contributed by atoms with Crippen molar-refractivity contribution in [1.29, 1.82) is 0 Å². The molecule has 104 valence electrons. The van der Waals surface area contributed by atoms with E-state index in [0.29, 0.717) is 5.02 Å². The molecule has 1 heterocycles. The highest BCUT2D eigenvalue weighted by molar-refractivity contribution is 6.38.